The lowest BCUT2D eigenvalue weighted by atomic mass is 9.94. The second kappa shape index (κ2) is 7.51. The number of β-lactam (4-membered cyclic amide) rings is 1. The number of hydrogen-bond acceptors (Lipinski definition) is 8. The van der Waals surface area contributed by atoms with E-state index in [9.17, 15) is 27.9 Å². The number of aliphatic carboxylic acids is 1. The van der Waals surface area contributed by atoms with Crippen LogP contribution < -0.4 is 5.32 Å². The number of fused-ring (bicyclic) bond motifs is 1. The summed E-state index contributed by atoms with van der Waals surface area (Å²) in [6.07, 6.45) is -4.77. The average molecular weight is 454 g/mol. The number of carboxylic acids is 1. The predicted molar refractivity (Wildman–Crippen MR) is 97.1 cm³/mol. The van der Waals surface area contributed by atoms with Crippen molar-refractivity contribution in [3.8, 4) is 0 Å². The number of nitrogens with one attached hydrogen (secondary N) is 2. The van der Waals surface area contributed by atoms with Crippen molar-refractivity contribution in [3.05, 3.63) is 11.3 Å². The molecule has 1 fully saturated rings. The Balaban J connectivity index is 2.05. The number of aromatic amines is 1. The van der Waals surface area contributed by atoms with Crippen molar-refractivity contribution in [1.29, 1.82) is 0 Å². The minimum atomic E-state index is -4.77. The summed E-state index contributed by atoms with van der Waals surface area (Å²) in [4.78, 5) is 25.1. The van der Waals surface area contributed by atoms with E-state index in [0.717, 1.165) is 23.5 Å². The van der Waals surface area contributed by atoms with Gasteiger partial charge < -0.3 is 10.4 Å². The number of thioether (sulfide) groups is 2. The number of alkyl halides is 3. The highest BCUT2D eigenvalue weighted by Crippen LogP contribution is 2.53. The first-order valence-corrected chi connectivity index (χ1v) is 9.95. The number of hydrogen-bond donors (Lipinski definition) is 3. The van der Waals surface area contributed by atoms with Gasteiger partial charge in [0.05, 0.1) is 10.4 Å². The molecule has 3 heterocycles. The number of rotatable bonds is 5. The fraction of sp³-hybridized carbons (Fsp3) is 0.538. The van der Waals surface area contributed by atoms with E-state index >= 15 is 0 Å². The largest absolute Gasteiger partial charge is 0.477 e. The highest BCUT2D eigenvalue weighted by molar-refractivity contribution is 8.01. The molecule has 0 spiro atoms. The van der Waals surface area contributed by atoms with Crippen molar-refractivity contribution in [3.63, 3.8) is 0 Å². The van der Waals surface area contributed by atoms with Gasteiger partial charge in [-0.15, -0.1) is 22.0 Å². The third kappa shape index (κ3) is 3.69. The lowest BCUT2D eigenvalue weighted by Crippen LogP contribution is -2.67. The Bertz CT molecular complexity index is 846. The topological polar surface area (TPSA) is 124 Å². The number of carboxylic acid groups (broad SMARTS) is 1. The number of aromatic nitrogens is 4. The highest BCUT2D eigenvalue weighted by atomic mass is 32.2. The Morgan fingerprint density at radius 2 is 2.18 bits per heavy atom. The molecule has 0 aliphatic carbocycles. The van der Waals surface area contributed by atoms with Crippen molar-refractivity contribution in [2.45, 2.75) is 41.2 Å². The molecule has 15 heteroatoms. The predicted octanol–water partition coefficient (Wildman–Crippen LogP) is 1.38. The SMILES string of the molecule is CC(=S)NC1S[C@@H]2C(C(F)(F)F)C(=O)N2C(C(=O)O)=C1C(C)Sc1nn[nH]n1. The molecular formula is C13H13F3N6O3S3. The summed E-state index contributed by atoms with van der Waals surface area (Å²) in [6, 6.07) is 0. The number of carbonyl (C=O) groups excluding carboxylic acids is 1. The molecule has 3 N–H and O–H groups in total. The van der Waals surface area contributed by atoms with Gasteiger partial charge in [0.2, 0.25) is 11.1 Å². The zero-order chi connectivity index (χ0) is 20.8. The number of nitrogens with zero attached hydrogens (tertiary/aromatic N) is 4. The van der Waals surface area contributed by atoms with Crippen molar-refractivity contribution >= 4 is 52.6 Å². The molecule has 28 heavy (non-hydrogen) atoms. The van der Waals surface area contributed by atoms with Crippen LogP contribution >= 0.6 is 35.7 Å². The van der Waals surface area contributed by atoms with Crippen LogP contribution in [0, 0.1) is 5.92 Å². The Kier molecular flexibility index (Phi) is 5.60. The van der Waals surface area contributed by atoms with Crippen LogP contribution in [0.1, 0.15) is 13.8 Å². The Morgan fingerprint density at radius 1 is 1.50 bits per heavy atom. The van der Waals surface area contributed by atoms with E-state index in [2.05, 4.69) is 25.9 Å². The summed E-state index contributed by atoms with van der Waals surface area (Å²) in [5, 5.41) is 23.1. The first kappa shape index (κ1) is 20.9. The quantitative estimate of drug-likeness (QED) is 0.341. The second-order valence-corrected chi connectivity index (χ2v) is 9.05. The molecule has 0 bridgehead atoms. The molecule has 9 nitrogen and oxygen atoms in total. The maximum atomic E-state index is 13.2. The van der Waals surface area contributed by atoms with E-state index in [0.29, 0.717) is 4.90 Å². The van der Waals surface area contributed by atoms with Gasteiger partial charge in [-0.25, -0.2) is 4.79 Å². The third-order valence-corrected chi connectivity index (χ3v) is 6.57. The second-order valence-electron chi connectivity index (χ2n) is 5.90. The first-order chi connectivity index (χ1) is 13.0. The number of amides is 1. The van der Waals surface area contributed by atoms with E-state index in [-0.39, 0.29) is 15.7 Å². The normalized spacial score (nSPS) is 25.8. The molecular weight excluding hydrogens is 441 g/mol. The molecule has 1 saturated heterocycles. The summed E-state index contributed by atoms with van der Waals surface area (Å²) in [7, 11) is 0. The first-order valence-electron chi connectivity index (χ1n) is 7.72. The van der Waals surface area contributed by atoms with Gasteiger partial charge in [-0.2, -0.15) is 18.4 Å². The zero-order valence-electron chi connectivity index (χ0n) is 14.2. The summed E-state index contributed by atoms with van der Waals surface area (Å²) < 4.78 is 39.7. The Morgan fingerprint density at radius 3 is 2.68 bits per heavy atom. The molecule has 3 rings (SSSR count). The molecule has 3 unspecified atom stereocenters. The smallest absolute Gasteiger partial charge is 0.403 e. The maximum Gasteiger partial charge on any atom is 0.403 e. The fourth-order valence-electron chi connectivity index (χ4n) is 2.97. The van der Waals surface area contributed by atoms with Crippen LogP contribution in [0.5, 0.6) is 0 Å². The van der Waals surface area contributed by atoms with Crippen molar-refractivity contribution < 1.29 is 27.9 Å². The van der Waals surface area contributed by atoms with Crippen LogP contribution in [-0.4, -0.2) is 69.7 Å². The van der Waals surface area contributed by atoms with Gasteiger partial charge in [0.1, 0.15) is 11.1 Å². The molecule has 0 saturated carbocycles. The highest BCUT2D eigenvalue weighted by Gasteiger charge is 2.65. The molecule has 1 aromatic heterocycles. The van der Waals surface area contributed by atoms with Crippen LogP contribution in [0.25, 0.3) is 0 Å². The van der Waals surface area contributed by atoms with Gasteiger partial charge in [0.25, 0.3) is 0 Å². The van der Waals surface area contributed by atoms with E-state index in [4.69, 9.17) is 12.2 Å². The van der Waals surface area contributed by atoms with Crippen LogP contribution in [0.15, 0.2) is 16.4 Å². The summed E-state index contributed by atoms with van der Waals surface area (Å²) in [5.41, 5.74) is -0.270. The van der Waals surface area contributed by atoms with E-state index in [1.54, 1.807) is 6.92 Å². The van der Waals surface area contributed by atoms with Crippen LogP contribution in [0.2, 0.25) is 0 Å². The van der Waals surface area contributed by atoms with Gasteiger partial charge in [-0.05, 0) is 19.1 Å². The summed E-state index contributed by atoms with van der Waals surface area (Å²) in [6.45, 7) is 3.17. The molecule has 0 radical (unpaired) electrons. The third-order valence-electron chi connectivity index (χ3n) is 4.05. The number of halogens is 3. The Labute approximate surface area is 169 Å². The van der Waals surface area contributed by atoms with Gasteiger partial charge in [-0.3, -0.25) is 9.69 Å². The molecule has 1 amide bonds. The maximum absolute atomic E-state index is 13.2. The lowest BCUT2D eigenvalue weighted by molar-refractivity contribution is -0.214. The van der Waals surface area contributed by atoms with E-state index in [1.165, 1.54) is 6.92 Å². The molecule has 4 atom stereocenters. The van der Waals surface area contributed by atoms with Crippen molar-refractivity contribution in [2.24, 2.45) is 5.92 Å². The van der Waals surface area contributed by atoms with Gasteiger partial charge in [-0.1, -0.05) is 24.0 Å². The molecule has 1 aromatic rings. The monoisotopic (exact) mass is 454 g/mol. The average Bonchev–Trinajstić information content (AvgIpc) is 3.04. The zero-order valence-corrected chi connectivity index (χ0v) is 16.7. The van der Waals surface area contributed by atoms with Crippen LogP contribution in [0.3, 0.4) is 0 Å². The van der Waals surface area contributed by atoms with E-state index in [1.807, 2.05) is 0 Å². The standard InChI is InChI=1S/C13H13F3N6O3S3/c1-3(27-12-18-20-21-19-12)5-7(11(24)25)22-9(23)6(13(14,15)16)10(22)28-8(5)17-4(2)26/h3,6,8,10H,1-2H3,(H,17,26)(H,24,25)(H,18,19,20,21)/t3?,6?,8?,10-/m1/s1. The molecule has 2 aliphatic rings. The molecule has 2 aliphatic heterocycles. The minimum Gasteiger partial charge on any atom is -0.477 e. The lowest BCUT2D eigenvalue weighted by Gasteiger charge is -2.52. The molecule has 152 valence electrons. The van der Waals surface area contributed by atoms with Crippen LogP contribution in [-0.2, 0) is 9.59 Å². The van der Waals surface area contributed by atoms with Gasteiger partial charge >= 0.3 is 12.1 Å². The summed E-state index contributed by atoms with van der Waals surface area (Å²) in [5.74, 6) is -5.04. The number of carbonyl (C=O) groups is 2. The van der Waals surface area contributed by atoms with E-state index < -0.39 is 45.7 Å². The molecule has 0 aromatic carbocycles. The number of tetrazole rings is 1. The Hall–Kier alpha value is -1.87. The number of thiocarbonyl (C=S) groups is 1. The van der Waals surface area contributed by atoms with Crippen LogP contribution in [0.4, 0.5) is 13.2 Å². The van der Waals surface area contributed by atoms with Crippen molar-refractivity contribution in [2.75, 3.05) is 0 Å². The summed E-state index contributed by atoms with van der Waals surface area (Å²) >= 11 is 6.86. The number of H-pyrrole nitrogens is 1. The van der Waals surface area contributed by atoms with Gasteiger partial charge in [0, 0.05) is 10.8 Å². The van der Waals surface area contributed by atoms with Crippen molar-refractivity contribution in [1.82, 2.24) is 30.8 Å². The van der Waals surface area contributed by atoms with Gasteiger partial charge in [0.15, 0.2) is 5.92 Å². The minimum absolute atomic E-state index is 0.210. The fourth-order valence-corrected chi connectivity index (χ4v) is 5.87.